The van der Waals surface area contributed by atoms with E-state index in [1.807, 2.05) is 0 Å². The third-order valence-corrected chi connectivity index (χ3v) is 3.97. The molecule has 0 bridgehead atoms. The van der Waals surface area contributed by atoms with E-state index in [-0.39, 0.29) is 23.5 Å². The number of alkyl halides is 3. The fraction of sp³-hybridized carbons (Fsp3) is 0.100. The first-order valence-corrected chi connectivity index (χ1v) is 8.30. The number of halogens is 4. The van der Waals surface area contributed by atoms with Crippen molar-refractivity contribution in [1.29, 1.82) is 0 Å². The van der Waals surface area contributed by atoms with Crippen LogP contribution in [0, 0.1) is 5.82 Å². The summed E-state index contributed by atoms with van der Waals surface area (Å²) in [6.45, 7) is 3.47. The first-order chi connectivity index (χ1) is 13.7. The van der Waals surface area contributed by atoms with Crippen molar-refractivity contribution in [3.05, 3.63) is 78.3 Å². The van der Waals surface area contributed by atoms with E-state index in [2.05, 4.69) is 16.6 Å². The Labute approximate surface area is 162 Å². The number of hydrogen-bond donors (Lipinski definition) is 1. The summed E-state index contributed by atoms with van der Waals surface area (Å²) in [5.74, 6) is -2.17. The molecule has 0 aliphatic carbocycles. The molecule has 0 atom stereocenters. The van der Waals surface area contributed by atoms with Gasteiger partial charge < -0.3 is 10.1 Å². The van der Waals surface area contributed by atoms with Gasteiger partial charge in [-0.25, -0.2) is 4.39 Å². The lowest BCUT2D eigenvalue weighted by molar-refractivity contribution is -0.274. The molecule has 0 unspecified atom stereocenters. The molecule has 0 spiro atoms. The highest BCUT2D eigenvalue weighted by molar-refractivity contribution is 6.36. The van der Waals surface area contributed by atoms with Crippen LogP contribution >= 0.6 is 0 Å². The van der Waals surface area contributed by atoms with E-state index >= 15 is 0 Å². The number of hydrogen-bond acceptors (Lipinski definition) is 4. The minimum Gasteiger partial charge on any atom is -0.406 e. The van der Waals surface area contributed by atoms with Crippen molar-refractivity contribution in [2.75, 3.05) is 11.9 Å². The molecule has 0 fully saturated rings. The summed E-state index contributed by atoms with van der Waals surface area (Å²) < 4.78 is 53.9. The molecule has 0 saturated heterocycles. The molecule has 1 heterocycles. The van der Waals surface area contributed by atoms with Gasteiger partial charge in [-0.1, -0.05) is 18.2 Å². The van der Waals surface area contributed by atoms with Gasteiger partial charge in [-0.3, -0.25) is 14.5 Å². The number of rotatable bonds is 6. The predicted molar refractivity (Wildman–Crippen MR) is 97.0 cm³/mol. The van der Waals surface area contributed by atoms with Crippen LogP contribution in [0.25, 0.3) is 5.57 Å². The zero-order valence-corrected chi connectivity index (χ0v) is 14.8. The summed E-state index contributed by atoms with van der Waals surface area (Å²) in [5, 5.41) is 2.77. The molecule has 0 saturated carbocycles. The van der Waals surface area contributed by atoms with Crippen LogP contribution in [-0.4, -0.2) is 29.6 Å². The number of carbonyl (C=O) groups is 2. The van der Waals surface area contributed by atoms with Crippen LogP contribution < -0.4 is 10.1 Å². The van der Waals surface area contributed by atoms with Gasteiger partial charge in [0.2, 0.25) is 0 Å². The van der Waals surface area contributed by atoms with Crippen LogP contribution in [0.4, 0.5) is 23.2 Å². The Morgan fingerprint density at radius 2 is 1.62 bits per heavy atom. The summed E-state index contributed by atoms with van der Waals surface area (Å²) >= 11 is 0. The number of imide groups is 1. The van der Waals surface area contributed by atoms with Crippen LogP contribution in [0.1, 0.15) is 5.56 Å². The largest absolute Gasteiger partial charge is 0.573 e. The van der Waals surface area contributed by atoms with Crippen LogP contribution in [0.5, 0.6) is 5.75 Å². The summed E-state index contributed by atoms with van der Waals surface area (Å²) in [6, 6.07) is 9.68. The van der Waals surface area contributed by atoms with Crippen molar-refractivity contribution in [1.82, 2.24) is 4.90 Å². The lowest BCUT2D eigenvalue weighted by Gasteiger charge is -2.13. The van der Waals surface area contributed by atoms with Gasteiger partial charge in [0.1, 0.15) is 17.3 Å². The molecule has 9 heteroatoms. The quantitative estimate of drug-likeness (QED) is 0.446. The Bertz CT molecular complexity index is 980. The van der Waals surface area contributed by atoms with E-state index in [9.17, 15) is 27.2 Å². The monoisotopic (exact) mass is 406 g/mol. The molecular weight excluding hydrogens is 392 g/mol. The summed E-state index contributed by atoms with van der Waals surface area (Å²) in [5.41, 5.74) is 0.520. The van der Waals surface area contributed by atoms with E-state index < -0.39 is 29.7 Å². The van der Waals surface area contributed by atoms with E-state index in [1.165, 1.54) is 30.3 Å². The lowest BCUT2D eigenvalue weighted by Crippen LogP contribution is -2.32. The topological polar surface area (TPSA) is 58.6 Å². The molecule has 2 aromatic rings. The maximum absolute atomic E-state index is 13.2. The number of amides is 2. The molecule has 2 amide bonds. The summed E-state index contributed by atoms with van der Waals surface area (Å²) in [4.78, 5) is 26.4. The average Bonchev–Trinajstić information content (AvgIpc) is 2.88. The lowest BCUT2D eigenvalue weighted by atomic mass is 10.0. The average molecular weight is 406 g/mol. The minimum absolute atomic E-state index is 0.0208. The fourth-order valence-corrected chi connectivity index (χ4v) is 2.76. The highest BCUT2D eigenvalue weighted by atomic mass is 19.4. The van der Waals surface area contributed by atoms with E-state index in [4.69, 9.17) is 0 Å². The number of carbonyl (C=O) groups excluding carboxylic acids is 2. The number of ether oxygens (including phenoxy) is 1. The van der Waals surface area contributed by atoms with Crippen molar-refractivity contribution in [2.24, 2.45) is 0 Å². The maximum atomic E-state index is 13.2. The molecule has 150 valence electrons. The molecule has 0 aromatic heterocycles. The molecule has 5 nitrogen and oxygen atoms in total. The fourth-order valence-electron chi connectivity index (χ4n) is 2.76. The molecule has 29 heavy (non-hydrogen) atoms. The molecule has 1 aliphatic heterocycles. The van der Waals surface area contributed by atoms with Crippen molar-refractivity contribution in [3.63, 3.8) is 0 Å². The second kappa shape index (κ2) is 7.78. The Morgan fingerprint density at radius 1 is 1.00 bits per heavy atom. The SMILES string of the molecule is C=CCN1C(=O)C(Nc2ccc(OC(F)(F)F)cc2)=C(c2ccc(F)cc2)C1=O. The summed E-state index contributed by atoms with van der Waals surface area (Å²) in [7, 11) is 0. The van der Waals surface area contributed by atoms with Crippen LogP contribution in [0.2, 0.25) is 0 Å². The molecular formula is C20H14F4N2O3. The highest BCUT2D eigenvalue weighted by Gasteiger charge is 2.38. The first kappa shape index (κ1) is 20.1. The van der Waals surface area contributed by atoms with Gasteiger partial charge in [-0.2, -0.15) is 0 Å². The van der Waals surface area contributed by atoms with Gasteiger partial charge in [-0.05, 0) is 42.0 Å². The maximum Gasteiger partial charge on any atom is 0.573 e. The van der Waals surface area contributed by atoms with Crippen LogP contribution in [-0.2, 0) is 9.59 Å². The summed E-state index contributed by atoms with van der Waals surface area (Å²) in [6.07, 6.45) is -3.45. The van der Waals surface area contributed by atoms with E-state index in [0.717, 1.165) is 29.2 Å². The Hall–Kier alpha value is -3.62. The molecule has 1 N–H and O–H groups in total. The van der Waals surface area contributed by atoms with Gasteiger partial charge in [0.25, 0.3) is 11.8 Å². The standard InChI is InChI=1S/C20H14F4N2O3/c1-2-11-26-18(27)16(12-3-5-13(21)6-4-12)17(19(26)28)25-14-7-9-15(10-8-14)29-20(22,23)24/h2-10,25H,1,11H2. The van der Waals surface area contributed by atoms with Crippen molar-refractivity contribution < 1.29 is 31.9 Å². The Morgan fingerprint density at radius 3 is 2.17 bits per heavy atom. The second-order valence-corrected chi connectivity index (χ2v) is 5.96. The number of nitrogens with zero attached hydrogens (tertiary/aromatic N) is 1. The smallest absolute Gasteiger partial charge is 0.406 e. The van der Waals surface area contributed by atoms with Crippen molar-refractivity contribution in [3.8, 4) is 5.75 Å². The van der Waals surface area contributed by atoms with Gasteiger partial charge >= 0.3 is 6.36 Å². The number of nitrogens with one attached hydrogen (secondary N) is 1. The Balaban J connectivity index is 1.96. The first-order valence-electron chi connectivity index (χ1n) is 8.30. The number of benzene rings is 2. The van der Waals surface area contributed by atoms with Gasteiger partial charge in [0.15, 0.2) is 0 Å². The normalized spacial score (nSPS) is 14.4. The minimum atomic E-state index is -4.83. The van der Waals surface area contributed by atoms with Crippen molar-refractivity contribution in [2.45, 2.75) is 6.36 Å². The molecule has 1 aliphatic rings. The molecule has 3 rings (SSSR count). The Kier molecular flexibility index (Phi) is 5.40. The predicted octanol–water partition coefficient (Wildman–Crippen LogP) is 4.10. The van der Waals surface area contributed by atoms with Crippen LogP contribution in [0.15, 0.2) is 66.9 Å². The second-order valence-electron chi connectivity index (χ2n) is 5.96. The zero-order chi connectivity index (χ0) is 21.2. The highest BCUT2D eigenvalue weighted by Crippen LogP contribution is 2.31. The number of anilines is 1. The van der Waals surface area contributed by atoms with Crippen LogP contribution in [0.3, 0.4) is 0 Å². The third-order valence-electron chi connectivity index (χ3n) is 3.97. The molecule has 0 radical (unpaired) electrons. The van der Waals surface area contributed by atoms with E-state index in [1.54, 1.807) is 0 Å². The van der Waals surface area contributed by atoms with Crippen molar-refractivity contribution >= 4 is 23.1 Å². The zero-order valence-electron chi connectivity index (χ0n) is 14.8. The van der Waals surface area contributed by atoms with Gasteiger partial charge in [-0.15, -0.1) is 19.8 Å². The van der Waals surface area contributed by atoms with Gasteiger partial charge in [0, 0.05) is 12.2 Å². The van der Waals surface area contributed by atoms with E-state index in [0.29, 0.717) is 5.56 Å². The molecule has 2 aromatic carbocycles. The van der Waals surface area contributed by atoms with Gasteiger partial charge in [0.05, 0.1) is 5.57 Å². The third kappa shape index (κ3) is 4.45.